The minimum Gasteiger partial charge on any atom is -0.375 e. The lowest BCUT2D eigenvalue weighted by Crippen LogP contribution is -2.56. The quantitative estimate of drug-likeness (QED) is 0.773. The van der Waals surface area contributed by atoms with E-state index < -0.39 is 0 Å². The van der Waals surface area contributed by atoms with Gasteiger partial charge < -0.3 is 10.1 Å². The lowest BCUT2D eigenvalue weighted by Gasteiger charge is -2.40. The predicted molar refractivity (Wildman–Crippen MR) is 74.1 cm³/mol. The van der Waals surface area contributed by atoms with E-state index in [0.29, 0.717) is 18.9 Å². The van der Waals surface area contributed by atoms with Crippen molar-refractivity contribution in [1.82, 2.24) is 10.2 Å². The Morgan fingerprint density at radius 1 is 1.25 bits per heavy atom. The van der Waals surface area contributed by atoms with Gasteiger partial charge in [0.1, 0.15) is 0 Å². The van der Waals surface area contributed by atoms with Crippen molar-refractivity contribution in [2.75, 3.05) is 13.7 Å². The molecule has 2 heterocycles. The second kappa shape index (κ2) is 5.45. The molecule has 0 aromatic rings. The fourth-order valence-corrected chi connectivity index (χ4v) is 3.89. The maximum absolute atomic E-state index is 12.1. The van der Waals surface area contributed by atoms with Gasteiger partial charge in [-0.3, -0.25) is 14.5 Å². The van der Waals surface area contributed by atoms with E-state index in [4.69, 9.17) is 4.74 Å². The summed E-state index contributed by atoms with van der Waals surface area (Å²) in [5, 5.41) is 3.49. The van der Waals surface area contributed by atoms with E-state index in [-0.39, 0.29) is 23.5 Å². The highest BCUT2D eigenvalue weighted by atomic mass is 16.5. The van der Waals surface area contributed by atoms with E-state index >= 15 is 0 Å². The van der Waals surface area contributed by atoms with Gasteiger partial charge in [-0.15, -0.1) is 0 Å². The van der Waals surface area contributed by atoms with Crippen LogP contribution in [0, 0.1) is 0 Å². The fraction of sp³-hybridized carbons (Fsp3) is 0.867. The molecule has 20 heavy (non-hydrogen) atoms. The van der Waals surface area contributed by atoms with Crippen LogP contribution in [-0.2, 0) is 14.3 Å². The SMILES string of the molecule is CN1C(=O)CCC(NC2CCOC3(CCCC3)C2)C1=O. The van der Waals surface area contributed by atoms with Crippen molar-refractivity contribution in [2.45, 2.75) is 69.1 Å². The zero-order valence-corrected chi connectivity index (χ0v) is 12.2. The van der Waals surface area contributed by atoms with Crippen LogP contribution in [-0.4, -0.2) is 48.1 Å². The Morgan fingerprint density at radius 3 is 2.75 bits per heavy atom. The summed E-state index contributed by atoms with van der Waals surface area (Å²) in [4.78, 5) is 24.9. The molecule has 2 atom stereocenters. The first kappa shape index (κ1) is 14.0. The van der Waals surface area contributed by atoms with Gasteiger partial charge in [-0.05, 0) is 32.1 Å². The Labute approximate surface area is 120 Å². The number of likely N-dealkylation sites (N-methyl/N-ethyl adjacent to an activating group) is 1. The maximum Gasteiger partial charge on any atom is 0.246 e. The molecule has 0 aromatic carbocycles. The first-order valence-corrected chi connectivity index (χ1v) is 7.80. The normalized spacial score (nSPS) is 34.0. The van der Waals surface area contributed by atoms with E-state index in [0.717, 1.165) is 32.3 Å². The van der Waals surface area contributed by atoms with Crippen LogP contribution >= 0.6 is 0 Å². The van der Waals surface area contributed by atoms with Crippen LogP contribution in [0.1, 0.15) is 51.4 Å². The third kappa shape index (κ3) is 2.61. The Morgan fingerprint density at radius 2 is 2.00 bits per heavy atom. The van der Waals surface area contributed by atoms with Crippen molar-refractivity contribution in [3.8, 4) is 0 Å². The average molecular weight is 280 g/mol. The zero-order chi connectivity index (χ0) is 14.2. The van der Waals surface area contributed by atoms with Crippen molar-refractivity contribution in [3.63, 3.8) is 0 Å². The van der Waals surface area contributed by atoms with Crippen LogP contribution < -0.4 is 5.32 Å². The molecule has 1 aliphatic carbocycles. The maximum atomic E-state index is 12.1. The Hall–Kier alpha value is -0.940. The second-order valence-corrected chi connectivity index (χ2v) is 6.48. The molecule has 3 fully saturated rings. The number of nitrogens with zero attached hydrogens (tertiary/aromatic N) is 1. The van der Waals surface area contributed by atoms with Crippen LogP contribution in [0.3, 0.4) is 0 Å². The van der Waals surface area contributed by atoms with E-state index in [1.165, 1.54) is 17.7 Å². The van der Waals surface area contributed by atoms with Gasteiger partial charge >= 0.3 is 0 Å². The van der Waals surface area contributed by atoms with Gasteiger partial charge in [0.2, 0.25) is 11.8 Å². The van der Waals surface area contributed by atoms with Crippen molar-refractivity contribution in [3.05, 3.63) is 0 Å². The molecular formula is C15H24N2O3. The van der Waals surface area contributed by atoms with Gasteiger partial charge in [0.15, 0.2) is 0 Å². The molecule has 3 aliphatic rings. The molecule has 112 valence electrons. The number of carbonyl (C=O) groups excluding carboxylic acids is 2. The molecule has 5 heteroatoms. The molecule has 0 bridgehead atoms. The highest BCUT2D eigenvalue weighted by Gasteiger charge is 2.41. The van der Waals surface area contributed by atoms with Gasteiger partial charge in [0, 0.05) is 26.1 Å². The number of hydrogen-bond donors (Lipinski definition) is 1. The summed E-state index contributed by atoms with van der Waals surface area (Å²) in [6, 6.07) is 0.150. The minimum atomic E-state index is -0.195. The molecule has 0 radical (unpaired) electrons. The minimum absolute atomic E-state index is 0.0627. The summed E-state index contributed by atoms with van der Waals surface area (Å²) in [7, 11) is 1.58. The largest absolute Gasteiger partial charge is 0.375 e. The van der Waals surface area contributed by atoms with E-state index in [2.05, 4.69) is 5.32 Å². The summed E-state index contributed by atoms with van der Waals surface area (Å²) in [5.74, 6) is -0.138. The van der Waals surface area contributed by atoms with Crippen LogP contribution in [0.15, 0.2) is 0 Å². The topological polar surface area (TPSA) is 58.6 Å². The van der Waals surface area contributed by atoms with Crippen molar-refractivity contribution in [2.24, 2.45) is 0 Å². The molecule has 1 saturated carbocycles. The summed E-state index contributed by atoms with van der Waals surface area (Å²) in [5.41, 5.74) is 0.0648. The van der Waals surface area contributed by atoms with Crippen LogP contribution in [0.2, 0.25) is 0 Å². The average Bonchev–Trinajstić information content (AvgIpc) is 2.88. The molecule has 2 saturated heterocycles. The number of piperidine rings is 1. The molecule has 1 N–H and O–H groups in total. The number of amides is 2. The predicted octanol–water partition coefficient (Wildman–Crippen LogP) is 1.22. The van der Waals surface area contributed by atoms with Gasteiger partial charge in [0.05, 0.1) is 11.6 Å². The third-order valence-corrected chi connectivity index (χ3v) is 5.09. The van der Waals surface area contributed by atoms with Gasteiger partial charge in [-0.1, -0.05) is 12.8 Å². The highest BCUT2D eigenvalue weighted by molar-refractivity contribution is 6.00. The Balaban J connectivity index is 1.60. The molecule has 2 unspecified atom stereocenters. The number of imide groups is 1. The van der Waals surface area contributed by atoms with Crippen LogP contribution in [0.5, 0.6) is 0 Å². The van der Waals surface area contributed by atoms with Crippen LogP contribution in [0.25, 0.3) is 0 Å². The number of carbonyl (C=O) groups is 2. The van der Waals surface area contributed by atoms with Crippen molar-refractivity contribution >= 4 is 11.8 Å². The number of likely N-dealkylation sites (tertiary alicyclic amines) is 1. The number of ether oxygens (including phenoxy) is 1. The third-order valence-electron chi connectivity index (χ3n) is 5.09. The Kier molecular flexibility index (Phi) is 3.82. The first-order chi connectivity index (χ1) is 9.60. The summed E-state index contributed by atoms with van der Waals surface area (Å²) in [6.07, 6.45) is 7.89. The summed E-state index contributed by atoms with van der Waals surface area (Å²) in [6.45, 7) is 0.785. The smallest absolute Gasteiger partial charge is 0.246 e. The lowest BCUT2D eigenvalue weighted by molar-refractivity contribution is -0.149. The monoisotopic (exact) mass is 280 g/mol. The van der Waals surface area contributed by atoms with Crippen molar-refractivity contribution in [1.29, 1.82) is 0 Å². The number of hydrogen-bond acceptors (Lipinski definition) is 4. The number of rotatable bonds is 2. The van der Waals surface area contributed by atoms with E-state index in [1.807, 2.05) is 0 Å². The molecule has 2 amide bonds. The second-order valence-electron chi connectivity index (χ2n) is 6.48. The molecule has 1 spiro atoms. The molecule has 5 nitrogen and oxygen atoms in total. The molecular weight excluding hydrogens is 256 g/mol. The lowest BCUT2D eigenvalue weighted by atomic mass is 9.88. The molecule has 2 aliphatic heterocycles. The Bertz CT molecular complexity index is 404. The molecule has 3 rings (SSSR count). The van der Waals surface area contributed by atoms with E-state index in [1.54, 1.807) is 7.05 Å². The van der Waals surface area contributed by atoms with Gasteiger partial charge in [-0.25, -0.2) is 0 Å². The number of nitrogens with one attached hydrogen (secondary N) is 1. The summed E-state index contributed by atoms with van der Waals surface area (Å²) >= 11 is 0. The first-order valence-electron chi connectivity index (χ1n) is 7.80. The van der Waals surface area contributed by atoms with E-state index in [9.17, 15) is 9.59 Å². The zero-order valence-electron chi connectivity index (χ0n) is 12.2. The molecule has 0 aromatic heterocycles. The fourth-order valence-electron chi connectivity index (χ4n) is 3.89. The standard InChI is InChI=1S/C15H24N2O3/c1-17-13(18)5-4-12(14(17)19)16-11-6-9-20-15(10-11)7-2-3-8-15/h11-12,16H,2-10H2,1H3. The summed E-state index contributed by atoms with van der Waals surface area (Å²) < 4.78 is 6.02. The van der Waals surface area contributed by atoms with Gasteiger partial charge in [-0.2, -0.15) is 0 Å². The van der Waals surface area contributed by atoms with Gasteiger partial charge in [0.25, 0.3) is 0 Å². The van der Waals surface area contributed by atoms with Crippen LogP contribution in [0.4, 0.5) is 0 Å². The highest BCUT2D eigenvalue weighted by Crippen LogP contribution is 2.40. The van der Waals surface area contributed by atoms with Crippen molar-refractivity contribution < 1.29 is 14.3 Å².